The van der Waals surface area contributed by atoms with E-state index in [9.17, 15) is 0 Å². The number of hydrogen-bond donors (Lipinski definition) is 1. The zero-order valence-electron chi connectivity index (χ0n) is 11.5. The molecular formula is C13H20N6. The summed E-state index contributed by atoms with van der Waals surface area (Å²) in [4.78, 5) is 10.9. The van der Waals surface area contributed by atoms with Crippen LogP contribution in [0.1, 0.15) is 25.8 Å². The predicted molar refractivity (Wildman–Crippen MR) is 75.4 cm³/mol. The second kappa shape index (κ2) is 5.13. The van der Waals surface area contributed by atoms with E-state index in [1.165, 1.54) is 0 Å². The van der Waals surface area contributed by atoms with E-state index >= 15 is 0 Å². The number of rotatable bonds is 3. The molecule has 0 aromatic carbocycles. The molecule has 1 saturated heterocycles. The molecule has 19 heavy (non-hydrogen) atoms. The highest BCUT2D eigenvalue weighted by Gasteiger charge is 2.20. The number of hydrogen-bond acceptors (Lipinski definition) is 5. The molecule has 1 fully saturated rings. The van der Waals surface area contributed by atoms with Gasteiger partial charge in [0, 0.05) is 13.6 Å². The van der Waals surface area contributed by atoms with Crippen molar-refractivity contribution in [3.63, 3.8) is 0 Å². The molecule has 1 aliphatic heterocycles. The molecule has 0 aliphatic carbocycles. The van der Waals surface area contributed by atoms with Crippen molar-refractivity contribution in [2.24, 2.45) is 0 Å². The highest BCUT2D eigenvalue weighted by atomic mass is 15.3. The van der Waals surface area contributed by atoms with Gasteiger partial charge in [0.05, 0.1) is 17.6 Å². The van der Waals surface area contributed by atoms with E-state index in [0.29, 0.717) is 6.04 Å². The van der Waals surface area contributed by atoms with E-state index in [1.807, 2.05) is 13.2 Å². The van der Waals surface area contributed by atoms with Gasteiger partial charge < -0.3 is 10.2 Å². The predicted octanol–water partition coefficient (Wildman–Crippen LogP) is 1.21. The second-order valence-corrected chi connectivity index (χ2v) is 5.02. The third kappa shape index (κ3) is 2.16. The Kier molecular flexibility index (Phi) is 3.33. The smallest absolute Gasteiger partial charge is 0.163 e. The molecule has 0 bridgehead atoms. The van der Waals surface area contributed by atoms with Gasteiger partial charge in [-0.15, -0.1) is 0 Å². The molecule has 3 rings (SSSR count). The monoisotopic (exact) mass is 260 g/mol. The van der Waals surface area contributed by atoms with Gasteiger partial charge in [-0.05, 0) is 32.9 Å². The molecule has 0 radical (unpaired) electrons. The molecule has 0 spiro atoms. The highest BCUT2D eigenvalue weighted by Crippen LogP contribution is 2.26. The first kappa shape index (κ1) is 12.3. The third-order valence-corrected chi connectivity index (χ3v) is 3.86. The first-order valence-corrected chi connectivity index (χ1v) is 6.91. The van der Waals surface area contributed by atoms with Gasteiger partial charge in [-0.3, -0.25) is 0 Å². The van der Waals surface area contributed by atoms with Crippen LogP contribution in [0.3, 0.4) is 0 Å². The van der Waals surface area contributed by atoms with Gasteiger partial charge in [0.25, 0.3) is 0 Å². The Labute approximate surface area is 112 Å². The van der Waals surface area contributed by atoms with Crippen LogP contribution in [0.25, 0.3) is 11.0 Å². The highest BCUT2D eigenvalue weighted by molar-refractivity contribution is 5.86. The Hall–Kier alpha value is -1.69. The Balaban J connectivity index is 2.03. The molecule has 1 N–H and O–H groups in total. The van der Waals surface area contributed by atoms with Gasteiger partial charge in [0.2, 0.25) is 0 Å². The van der Waals surface area contributed by atoms with Crippen molar-refractivity contribution in [3.8, 4) is 0 Å². The van der Waals surface area contributed by atoms with Crippen LogP contribution >= 0.6 is 0 Å². The first-order valence-electron chi connectivity index (χ1n) is 6.91. The minimum atomic E-state index is 0.452. The van der Waals surface area contributed by atoms with Gasteiger partial charge in [-0.1, -0.05) is 0 Å². The van der Waals surface area contributed by atoms with Crippen LogP contribution in [0, 0.1) is 0 Å². The Morgan fingerprint density at radius 2 is 2.16 bits per heavy atom. The van der Waals surface area contributed by atoms with Crippen molar-refractivity contribution >= 4 is 16.9 Å². The van der Waals surface area contributed by atoms with Crippen molar-refractivity contribution in [3.05, 3.63) is 12.5 Å². The fourth-order valence-electron chi connectivity index (χ4n) is 2.62. The molecule has 102 valence electrons. The molecule has 0 unspecified atom stereocenters. The lowest BCUT2D eigenvalue weighted by molar-refractivity contribution is 0.349. The number of nitrogens with one attached hydrogen (secondary N) is 1. The summed E-state index contributed by atoms with van der Waals surface area (Å²) in [5.74, 6) is 0.965. The molecule has 6 heteroatoms. The molecule has 0 saturated carbocycles. The normalized spacial score (nSPS) is 16.9. The van der Waals surface area contributed by atoms with Crippen LogP contribution in [-0.2, 0) is 0 Å². The summed E-state index contributed by atoms with van der Waals surface area (Å²) in [5, 5.41) is 8.98. The summed E-state index contributed by atoms with van der Waals surface area (Å²) in [6.07, 6.45) is 5.77. The van der Waals surface area contributed by atoms with Crippen molar-refractivity contribution in [1.29, 1.82) is 0 Å². The molecule has 6 nitrogen and oxygen atoms in total. The van der Waals surface area contributed by atoms with Crippen molar-refractivity contribution < 1.29 is 0 Å². The summed E-state index contributed by atoms with van der Waals surface area (Å²) in [5.41, 5.74) is 0.956. The zero-order valence-corrected chi connectivity index (χ0v) is 11.5. The number of aromatic nitrogens is 4. The van der Waals surface area contributed by atoms with Crippen molar-refractivity contribution in [2.45, 2.75) is 25.8 Å². The average Bonchev–Trinajstić information content (AvgIpc) is 2.91. The average molecular weight is 260 g/mol. The van der Waals surface area contributed by atoms with Crippen LogP contribution in [0.15, 0.2) is 12.5 Å². The van der Waals surface area contributed by atoms with Gasteiger partial charge in [0.1, 0.15) is 12.1 Å². The fourth-order valence-corrected chi connectivity index (χ4v) is 2.62. The fraction of sp³-hybridized carbons (Fsp3) is 0.615. The van der Waals surface area contributed by atoms with E-state index in [4.69, 9.17) is 0 Å². The van der Waals surface area contributed by atoms with E-state index in [-0.39, 0.29) is 0 Å². The zero-order chi connectivity index (χ0) is 13.2. The van der Waals surface area contributed by atoms with Crippen molar-refractivity contribution in [1.82, 2.24) is 25.1 Å². The van der Waals surface area contributed by atoms with Crippen LogP contribution < -0.4 is 10.2 Å². The maximum absolute atomic E-state index is 4.56. The largest absolute Gasteiger partial charge is 0.359 e. The van der Waals surface area contributed by atoms with E-state index in [1.54, 1.807) is 6.33 Å². The number of nitrogens with zero attached hydrogens (tertiary/aromatic N) is 5. The number of piperidine rings is 1. The summed E-state index contributed by atoms with van der Waals surface area (Å²) in [6.45, 7) is 5.15. The Morgan fingerprint density at radius 3 is 2.89 bits per heavy atom. The number of fused-ring (bicyclic) bond motifs is 1. The maximum Gasteiger partial charge on any atom is 0.163 e. The Morgan fingerprint density at radius 1 is 1.37 bits per heavy atom. The SMILES string of the molecule is CCN(C)c1ncnc2c1cnn2C1CCNCC1. The molecule has 2 aromatic rings. The molecule has 0 amide bonds. The topological polar surface area (TPSA) is 58.9 Å². The lowest BCUT2D eigenvalue weighted by Gasteiger charge is -2.23. The van der Waals surface area contributed by atoms with E-state index in [2.05, 4.69) is 36.9 Å². The second-order valence-electron chi connectivity index (χ2n) is 5.02. The summed E-state index contributed by atoms with van der Waals surface area (Å²) in [7, 11) is 2.05. The molecular weight excluding hydrogens is 240 g/mol. The van der Waals surface area contributed by atoms with Crippen LogP contribution in [0.2, 0.25) is 0 Å². The van der Waals surface area contributed by atoms with E-state index in [0.717, 1.165) is 49.3 Å². The molecule has 0 atom stereocenters. The summed E-state index contributed by atoms with van der Waals surface area (Å²) in [6, 6.07) is 0.452. The van der Waals surface area contributed by atoms with Gasteiger partial charge in [0.15, 0.2) is 5.65 Å². The first-order chi connectivity index (χ1) is 9.31. The minimum absolute atomic E-state index is 0.452. The summed E-state index contributed by atoms with van der Waals surface area (Å²) < 4.78 is 2.07. The molecule has 1 aliphatic rings. The van der Waals surface area contributed by atoms with Gasteiger partial charge >= 0.3 is 0 Å². The summed E-state index contributed by atoms with van der Waals surface area (Å²) >= 11 is 0. The lowest BCUT2D eigenvalue weighted by Crippen LogP contribution is -2.30. The van der Waals surface area contributed by atoms with Crippen LogP contribution in [0.5, 0.6) is 0 Å². The standard InChI is InChI=1S/C13H20N6/c1-3-18(2)12-11-8-17-19(13(11)16-9-15-12)10-4-6-14-7-5-10/h8-10,14H,3-7H2,1-2H3. The molecule has 3 heterocycles. The lowest BCUT2D eigenvalue weighted by atomic mass is 10.1. The quantitative estimate of drug-likeness (QED) is 0.899. The van der Waals surface area contributed by atoms with E-state index < -0.39 is 0 Å². The molecule has 2 aromatic heterocycles. The van der Waals surface area contributed by atoms with Gasteiger partial charge in [-0.25, -0.2) is 14.6 Å². The Bertz CT molecular complexity index is 557. The van der Waals surface area contributed by atoms with Crippen LogP contribution in [-0.4, -0.2) is 46.4 Å². The van der Waals surface area contributed by atoms with Crippen LogP contribution in [0.4, 0.5) is 5.82 Å². The minimum Gasteiger partial charge on any atom is -0.359 e. The van der Waals surface area contributed by atoms with Gasteiger partial charge in [-0.2, -0.15) is 5.10 Å². The number of anilines is 1. The maximum atomic E-state index is 4.56. The van der Waals surface area contributed by atoms with Crippen molar-refractivity contribution in [2.75, 3.05) is 31.6 Å². The third-order valence-electron chi connectivity index (χ3n) is 3.86.